The fourth-order valence-corrected chi connectivity index (χ4v) is 4.04. The smallest absolute Gasteiger partial charge is 0.339 e. The van der Waals surface area contributed by atoms with Gasteiger partial charge in [-0.3, -0.25) is 9.10 Å². The van der Waals surface area contributed by atoms with Gasteiger partial charge in [-0.05, 0) is 56.3 Å². The fourth-order valence-electron chi connectivity index (χ4n) is 2.61. The molecule has 0 heterocycles. The predicted octanol–water partition coefficient (Wildman–Crippen LogP) is 3.45. The molecule has 0 saturated carbocycles. The van der Waals surface area contributed by atoms with Gasteiger partial charge in [0, 0.05) is 5.69 Å². The summed E-state index contributed by atoms with van der Waals surface area (Å²) in [7, 11) is -3.84. The number of carbonyl (C=O) groups is 2. The Morgan fingerprint density at radius 2 is 1.83 bits per heavy atom. The number of ether oxygens (including phenoxy) is 1. The van der Waals surface area contributed by atoms with Crippen molar-refractivity contribution >= 4 is 44.9 Å². The van der Waals surface area contributed by atoms with Gasteiger partial charge in [-0.2, -0.15) is 0 Å². The zero-order chi connectivity index (χ0) is 21.8. The van der Waals surface area contributed by atoms with Crippen LogP contribution in [0, 0.1) is 5.82 Å². The zero-order valence-electron chi connectivity index (χ0n) is 16.0. The summed E-state index contributed by atoms with van der Waals surface area (Å²) in [5, 5.41) is 2.63. The van der Waals surface area contributed by atoms with E-state index < -0.39 is 33.8 Å². The van der Waals surface area contributed by atoms with E-state index in [1.807, 2.05) is 0 Å². The Kier molecular flexibility index (Phi) is 7.21. The Bertz CT molecular complexity index is 1010. The SMILES string of the molecule is CCOC(=O)c1ccc(NC(=O)C(C)N(c2ccc(F)cc2)S(C)(=O)=O)cc1Cl. The van der Waals surface area contributed by atoms with Gasteiger partial charge in [0.25, 0.3) is 0 Å². The van der Waals surface area contributed by atoms with Gasteiger partial charge in [-0.1, -0.05) is 11.6 Å². The van der Waals surface area contributed by atoms with E-state index in [0.717, 1.165) is 22.7 Å². The van der Waals surface area contributed by atoms with Crippen LogP contribution in [-0.4, -0.2) is 39.2 Å². The van der Waals surface area contributed by atoms with Crippen molar-refractivity contribution in [1.82, 2.24) is 0 Å². The minimum absolute atomic E-state index is 0.0763. The second kappa shape index (κ2) is 9.23. The monoisotopic (exact) mass is 442 g/mol. The molecule has 10 heteroatoms. The summed E-state index contributed by atoms with van der Waals surface area (Å²) in [6.07, 6.45) is 0.950. The molecule has 2 rings (SSSR count). The van der Waals surface area contributed by atoms with Gasteiger partial charge < -0.3 is 10.1 Å². The molecular formula is C19H20ClFN2O5S. The number of hydrogen-bond donors (Lipinski definition) is 1. The van der Waals surface area contributed by atoms with Crippen LogP contribution in [0.15, 0.2) is 42.5 Å². The van der Waals surface area contributed by atoms with Crippen molar-refractivity contribution in [3.63, 3.8) is 0 Å². The predicted molar refractivity (Wildman–Crippen MR) is 109 cm³/mol. The molecule has 0 aliphatic heterocycles. The molecule has 7 nitrogen and oxygen atoms in total. The van der Waals surface area contributed by atoms with E-state index in [-0.39, 0.29) is 28.6 Å². The minimum Gasteiger partial charge on any atom is -0.462 e. The van der Waals surface area contributed by atoms with Gasteiger partial charge in [0.1, 0.15) is 11.9 Å². The molecule has 0 fully saturated rings. The lowest BCUT2D eigenvalue weighted by atomic mass is 10.2. The lowest BCUT2D eigenvalue weighted by Gasteiger charge is -2.28. The molecule has 1 atom stereocenters. The second-order valence-corrected chi connectivity index (χ2v) is 8.38. The lowest BCUT2D eigenvalue weighted by molar-refractivity contribution is -0.116. The average molecular weight is 443 g/mol. The number of nitrogens with zero attached hydrogens (tertiary/aromatic N) is 1. The van der Waals surface area contributed by atoms with Crippen LogP contribution < -0.4 is 9.62 Å². The zero-order valence-corrected chi connectivity index (χ0v) is 17.6. The Hall–Kier alpha value is -2.65. The van der Waals surface area contributed by atoms with E-state index >= 15 is 0 Å². The number of carbonyl (C=O) groups excluding carboxylic acids is 2. The van der Waals surface area contributed by atoms with Crippen LogP contribution in [0.2, 0.25) is 5.02 Å². The number of sulfonamides is 1. The number of esters is 1. The Balaban J connectivity index is 2.25. The van der Waals surface area contributed by atoms with Gasteiger partial charge in [-0.15, -0.1) is 0 Å². The Morgan fingerprint density at radius 3 is 2.34 bits per heavy atom. The third-order valence-electron chi connectivity index (χ3n) is 3.90. The van der Waals surface area contributed by atoms with E-state index in [1.54, 1.807) is 6.92 Å². The molecule has 0 saturated heterocycles. The van der Waals surface area contributed by atoms with Crippen molar-refractivity contribution in [2.45, 2.75) is 19.9 Å². The van der Waals surface area contributed by atoms with Crippen molar-refractivity contribution in [2.24, 2.45) is 0 Å². The number of amides is 1. The van der Waals surface area contributed by atoms with Crippen molar-refractivity contribution in [3.05, 3.63) is 58.9 Å². The van der Waals surface area contributed by atoms with Gasteiger partial charge in [-0.25, -0.2) is 17.6 Å². The van der Waals surface area contributed by atoms with Crippen molar-refractivity contribution in [1.29, 1.82) is 0 Å². The molecule has 1 unspecified atom stereocenters. The maximum absolute atomic E-state index is 13.2. The molecule has 0 spiro atoms. The molecule has 2 aromatic rings. The maximum atomic E-state index is 13.2. The number of anilines is 2. The van der Waals surface area contributed by atoms with Crippen molar-refractivity contribution < 1.29 is 27.1 Å². The van der Waals surface area contributed by atoms with Crippen LogP contribution in [0.1, 0.15) is 24.2 Å². The first-order chi connectivity index (χ1) is 13.5. The van der Waals surface area contributed by atoms with Crippen molar-refractivity contribution in [2.75, 3.05) is 22.5 Å². The molecule has 156 valence electrons. The number of nitrogens with one attached hydrogen (secondary N) is 1. The van der Waals surface area contributed by atoms with Crippen LogP contribution in [-0.2, 0) is 19.6 Å². The maximum Gasteiger partial charge on any atom is 0.339 e. The average Bonchev–Trinajstić information content (AvgIpc) is 2.62. The molecule has 0 aliphatic carbocycles. The third-order valence-corrected chi connectivity index (χ3v) is 5.46. The standard InChI is InChI=1S/C19H20ClFN2O5S/c1-4-28-19(25)16-10-7-14(11-17(16)20)22-18(24)12(2)23(29(3,26)27)15-8-5-13(21)6-9-15/h5-12H,4H2,1-3H3,(H,22,24). The highest BCUT2D eigenvalue weighted by molar-refractivity contribution is 7.92. The minimum atomic E-state index is -3.84. The quantitative estimate of drug-likeness (QED) is 0.663. The number of benzene rings is 2. The number of hydrogen-bond acceptors (Lipinski definition) is 5. The second-order valence-electron chi connectivity index (χ2n) is 6.12. The molecule has 1 amide bonds. The Morgan fingerprint density at radius 1 is 1.21 bits per heavy atom. The van der Waals surface area contributed by atoms with Crippen LogP contribution in [0.4, 0.5) is 15.8 Å². The molecule has 2 aromatic carbocycles. The highest BCUT2D eigenvalue weighted by atomic mass is 35.5. The molecule has 0 aromatic heterocycles. The Labute approximate surface area is 173 Å². The van der Waals surface area contributed by atoms with E-state index in [4.69, 9.17) is 16.3 Å². The molecule has 0 aliphatic rings. The summed E-state index contributed by atoms with van der Waals surface area (Å²) >= 11 is 6.07. The molecule has 0 radical (unpaired) electrons. The van der Waals surface area contributed by atoms with E-state index in [2.05, 4.69) is 5.32 Å². The summed E-state index contributed by atoms with van der Waals surface area (Å²) in [4.78, 5) is 24.4. The summed E-state index contributed by atoms with van der Waals surface area (Å²) in [5.41, 5.74) is 0.559. The topological polar surface area (TPSA) is 92.8 Å². The van der Waals surface area contributed by atoms with Crippen LogP contribution >= 0.6 is 11.6 Å². The van der Waals surface area contributed by atoms with E-state index in [0.29, 0.717) is 0 Å². The third kappa shape index (κ3) is 5.68. The van der Waals surface area contributed by atoms with E-state index in [1.165, 1.54) is 37.3 Å². The van der Waals surface area contributed by atoms with Gasteiger partial charge in [0.15, 0.2) is 0 Å². The fraction of sp³-hybridized carbons (Fsp3) is 0.263. The summed E-state index contributed by atoms with van der Waals surface area (Å²) in [6.45, 7) is 3.25. The van der Waals surface area contributed by atoms with Crippen LogP contribution in [0.5, 0.6) is 0 Å². The van der Waals surface area contributed by atoms with Gasteiger partial charge in [0.05, 0.1) is 29.1 Å². The molecule has 0 bridgehead atoms. The highest BCUT2D eigenvalue weighted by Gasteiger charge is 2.29. The normalized spacial score (nSPS) is 12.2. The molecule has 29 heavy (non-hydrogen) atoms. The van der Waals surface area contributed by atoms with Gasteiger partial charge >= 0.3 is 5.97 Å². The summed E-state index contributed by atoms with van der Waals surface area (Å²) in [5.74, 6) is -1.77. The molecular weight excluding hydrogens is 423 g/mol. The largest absolute Gasteiger partial charge is 0.462 e. The first-order valence-corrected chi connectivity index (χ1v) is 10.8. The highest BCUT2D eigenvalue weighted by Crippen LogP contribution is 2.24. The van der Waals surface area contributed by atoms with Gasteiger partial charge in [0.2, 0.25) is 15.9 Å². The van der Waals surface area contributed by atoms with Crippen LogP contribution in [0.3, 0.4) is 0 Å². The number of rotatable bonds is 7. The summed E-state index contributed by atoms with van der Waals surface area (Å²) in [6, 6.07) is 7.81. The summed E-state index contributed by atoms with van der Waals surface area (Å²) < 4.78 is 43.4. The first-order valence-electron chi connectivity index (χ1n) is 8.57. The lowest BCUT2D eigenvalue weighted by Crippen LogP contribution is -2.45. The molecule has 1 N–H and O–H groups in total. The van der Waals surface area contributed by atoms with Crippen LogP contribution in [0.25, 0.3) is 0 Å². The number of halogens is 2. The first kappa shape index (κ1) is 22.6. The van der Waals surface area contributed by atoms with Crippen molar-refractivity contribution in [3.8, 4) is 0 Å². The van der Waals surface area contributed by atoms with E-state index in [9.17, 15) is 22.4 Å².